The van der Waals surface area contributed by atoms with E-state index in [0.29, 0.717) is 41.6 Å². The lowest BCUT2D eigenvalue weighted by Gasteiger charge is -2.31. The van der Waals surface area contributed by atoms with E-state index in [4.69, 9.17) is 11.5 Å². The Kier molecular flexibility index (Phi) is 25.0. The zero-order valence-corrected chi connectivity index (χ0v) is 49.8. The minimum atomic E-state index is -1.75. The first kappa shape index (κ1) is 67.1. The standard InChI is InChI=1S/C59H84N16O12/c1-6-63-57(86)48-14-10-22-75(48)58(87)41(13-9-21-64-59(60)61)68-51(80)42(23-32(2)3)69-52(81)43(24-33(4)5)70-53(82)44(25-34-15-17-37(77)18-16-34)71-56(85)47(30-76)74-54(83)45(26-35-28-65-39-12-8-7-11-38(35)39)72-55(84)46(27-36-29-62-31-66-36)73-50(79)40-19-20-49(78)67-40/h7-8,11-12,15-18,28-29,31-33,40-48,65,76-77H,6,9-10,13-14,19-27,30H2,1-5H3,(H,62,66)(H,63,86)(H,67,78)(H,68,80)(H,69,81)(H,70,82)(H,71,85)(H,72,84)(H,73,79)(H,74,83)(H4,60,61,64)/t40-,41-,42-,43-,44-,45-,46-,47-,48-/m0/s1. The third-order valence-electron chi connectivity index (χ3n) is 14.9. The first-order chi connectivity index (χ1) is 41.5. The number of carbonyl (C=O) groups is 10. The molecule has 2 fully saturated rings. The molecular weight excluding hydrogens is 1120 g/mol. The highest BCUT2D eigenvalue weighted by Gasteiger charge is 2.40. The van der Waals surface area contributed by atoms with Crippen LogP contribution in [-0.4, -0.2) is 176 Å². The van der Waals surface area contributed by atoms with E-state index >= 15 is 0 Å². The topological polar surface area (TPSA) is 432 Å². The summed E-state index contributed by atoms with van der Waals surface area (Å²) in [5.74, 6) is -7.55. The average molecular weight is 1210 g/mol. The van der Waals surface area contributed by atoms with Gasteiger partial charge in [0, 0.05) is 74.3 Å². The fourth-order valence-electron chi connectivity index (χ4n) is 10.5. The van der Waals surface area contributed by atoms with Crippen molar-refractivity contribution in [3.05, 3.63) is 84.1 Å². The predicted octanol–water partition coefficient (Wildman–Crippen LogP) is -1.44. The fraction of sp³-hybridized carbons (Fsp3) is 0.525. The summed E-state index contributed by atoms with van der Waals surface area (Å²) in [5.41, 5.74) is 13.3. The Morgan fingerprint density at radius 2 is 1.28 bits per heavy atom. The van der Waals surface area contributed by atoms with Crippen molar-refractivity contribution in [2.75, 3.05) is 26.2 Å². The maximum Gasteiger partial charge on any atom is 0.245 e. The van der Waals surface area contributed by atoms with Crippen molar-refractivity contribution in [1.29, 1.82) is 0 Å². The third kappa shape index (κ3) is 20.0. The molecule has 2 saturated heterocycles. The van der Waals surface area contributed by atoms with Gasteiger partial charge in [0.05, 0.1) is 12.9 Å². The number of H-pyrrole nitrogens is 2. The number of phenolic OH excluding ortho intramolecular Hbond substituents is 1. The van der Waals surface area contributed by atoms with E-state index in [1.807, 2.05) is 19.9 Å². The van der Waals surface area contributed by atoms with Crippen LogP contribution >= 0.6 is 0 Å². The minimum Gasteiger partial charge on any atom is -0.508 e. The van der Waals surface area contributed by atoms with Crippen molar-refractivity contribution < 1.29 is 58.2 Å². The summed E-state index contributed by atoms with van der Waals surface area (Å²) in [6.45, 7) is 8.82. The van der Waals surface area contributed by atoms with Crippen LogP contribution in [0.15, 0.2) is 72.2 Å². The maximum absolute atomic E-state index is 14.7. The summed E-state index contributed by atoms with van der Waals surface area (Å²) in [4.78, 5) is 155. The number of benzene rings is 2. The number of nitrogens with zero attached hydrogens (tertiary/aromatic N) is 3. The van der Waals surface area contributed by atoms with Gasteiger partial charge in [0.15, 0.2) is 5.96 Å². The Balaban J connectivity index is 1.22. The van der Waals surface area contributed by atoms with Crippen molar-refractivity contribution in [3.8, 4) is 5.75 Å². The Morgan fingerprint density at radius 3 is 1.85 bits per heavy atom. The molecule has 10 amide bonds. The predicted molar refractivity (Wildman–Crippen MR) is 320 cm³/mol. The smallest absolute Gasteiger partial charge is 0.245 e. The molecule has 28 nitrogen and oxygen atoms in total. The number of nitrogens with two attached hydrogens (primary N) is 2. The fourth-order valence-corrected chi connectivity index (χ4v) is 10.5. The summed E-state index contributed by atoms with van der Waals surface area (Å²) < 4.78 is 0. The number of fused-ring (bicyclic) bond motifs is 1. The minimum absolute atomic E-state index is 0.0397. The lowest BCUT2D eigenvalue weighted by Crippen LogP contribution is -2.61. The van der Waals surface area contributed by atoms with E-state index in [-0.39, 0.29) is 106 Å². The highest BCUT2D eigenvalue weighted by Crippen LogP contribution is 2.22. The summed E-state index contributed by atoms with van der Waals surface area (Å²) in [5, 5.41) is 45.9. The molecule has 0 radical (unpaired) electrons. The third-order valence-corrected chi connectivity index (χ3v) is 14.9. The van der Waals surface area contributed by atoms with Crippen molar-refractivity contribution in [1.82, 2.24) is 67.7 Å². The highest BCUT2D eigenvalue weighted by molar-refractivity contribution is 5.99. The van der Waals surface area contributed by atoms with E-state index in [2.05, 4.69) is 67.8 Å². The number of likely N-dealkylation sites (tertiary alicyclic amines) is 1. The van der Waals surface area contributed by atoms with Gasteiger partial charge in [-0.2, -0.15) is 0 Å². The maximum atomic E-state index is 14.7. The number of imidazole rings is 1. The second-order valence-electron chi connectivity index (χ2n) is 22.8. The molecule has 28 heteroatoms. The first-order valence-corrected chi connectivity index (χ1v) is 29.5. The van der Waals surface area contributed by atoms with Gasteiger partial charge in [0.2, 0.25) is 59.1 Å². The number of para-hydroxylation sites is 1. The van der Waals surface area contributed by atoms with E-state index in [0.717, 1.165) is 5.52 Å². The monoisotopic (exact) mass is 1210 g/mol. The number of guanidine groups is 1. The van der Waals surface area contributed by atoms with Gasteiger partial charge in [-0.1, -0.05) is 58.0 Å². The summed E-state index contributed by atoms with van der Waals surface area (Å²) in [6.07, 6.45) is 5.80. The van der Waals surface area contributed by atoms with E-state index in [9.17, 15) is 58.2 Å². The van der Waals surface area contributed by atoms with Gasteiger partial charge in [0.25, 0.3) is 0 Å². The van der Waals surface area contributed by atoms with E-state index < -0.39 is 108 Å². The quantitative estimate of drug-likeness (QED) is 0.0151. The van der Waals surface area contributed by atoms with Gasteiger partial charge in [-0.25, -0.2) is 4.98 Å². The van der Waals surface area contributed by atoms with E-state index in [1.54, 1.807) is 45.2 Å². The molecular formula is C59H84N16O12. The molecule has 0 spiro atoms. The molecule has 2 aliphatic rings. The largest absolute Gasteiger partial charge is 0.508 e. The van der Waals surface area contributed by atoms with Crippen molar-refractivity contribution in [3.63, 3.8) is 0 Å². The van der Waals surface area contributed by atoms with Gasteiger partial charge in [-0.05, 0) is 93.0 Å². The molecule has 0 unspecified atom stereocenters. The normalized spacial score (nSPS) is 17.1. The van der Waals surface area contributed by atoms with Crippen molar-refractivity contribution in [2.45, 2.75) is 160 Å². The van der Waals surface area contributed by atoms with Crippen LogP contribution in [0, 0.1) is 11.8 Å². The highest BCUT2D eigenvalue weighted by atomic mass is 16.3. The van der Waals surface area contributed by atoms with Crippen LogP contribution in [0.25, 0.3) is 10.9 Å². The number of aromatic amines is 2. The SMILES string of the molecule is CCNC(=O)[C@@H]1CCCN1C(=O)[C@H](CCCN=C(N)N)NC(=O)[C@H](CC(C)C)NC(=O)[C@H](CC(C)C)NC(=O)[C@H](Cc1ccc(O)cc1)NC(=O)[C@H](CO)NC(=O)[C@H](Cc1c[nH]c2ccccc12)NC(=O)[C@H](Cc1cnc[nH]1)NC(=O)[C@@H]1CCC(=O)N1. The Labute approximate surface area is 504 Å². The van der Waals surface area contributed by atoms with Crippen LogP contribution < -0.4 is 59.3 Å². The number of aliphatic hydroxyl groups excluding tert-OH is 1. The number of nitrogens with one attached hydrogen (secondary N) is 11. The Bertz CT molecular complexity index is 3050. The molecule has 2 aromatic carbocycles. The van der Waals surface area contributed by atoms with Crippen LogP contribution in [-0.2, 0) is 67.2 Å². The molecule has 472 valence electrons. The van der Waals surface area contributed by atoms with Crippen LogP contribution in [0.5, 0.6) is 5.75 Å². The van der Waals surface area contributed by atoms with Crippen LogP contribution in [0.1, 0.15) is 103 Å². The Morgan fingerprint density at radius 1 is 0.701 bits per heavy atom. The molecule has 9 atom stereocenters. The van der Waals surface area contributed by atoms with Crippen molar-refractivity contribution in [2.24, 2.45) is 28.3 Å². The van der Waals surface area contributed by atoms with Gasteiger partial charge in [0.1, 0.15) is 60.1 Å². The molecule has 4 heterocycles. The number of likely N-dealkylation sites (N-methyl/N-ethyl adjacent to an activating group) is 1. The number of amides is 10. The number of aromatic hydroxyl groups is 1. The van der Waals surface area contributed by atoms with Gasteiger partial charge in [-0.15, -0.1) is 0 Å². The molecule has 0 bridgehead atoms. The second kappa shape index (κ2) is 32.4. The zero-order valence-electron chi connectivity index (χ0n) is 49.8. The van der Waals surface area contributed by atoms with Gasteiger partial charge < -0.3 is 84.4 Å². The van der Waals surface area contributed by atoms with Crippen molar-refractivity contribution >= 4 is 75.9 Å². The lowest BCUT2D eigenvalue weighted by molar-refractivity contribution is -0.142. The number of aromatic nitrogens is 3. The molecule has 0 aliphatic carbocycles. The van der Waals surface area contributed by atoms with Gasteiger partial charge >= 0.3 is 0 Å². The summed E-state index contributed by atoms with van der Waals surface area (Å²) >= 11 is 0. The summed E-state index contributed by atoms with van der Waals surface area (Å²) in [7, 11) is 0. The van der Waals surface area contributed by atoms with Gasteiger partial charge in [-0.3, -0.25) is 52.9 Å². The molecule has 4 aromatic rings. The number of phenols is 1. The molecule has 2 aliphatic heterocycles. The second-order valence-corrected chi connectivity index (χ2v) is 22.8. The van der Waals surface area contributed by atoms with Crippen LogP contribution in [0.3, 0.4) is 0 Å². The number of aliphatic hydroxyl groups is 1. The number of aliphatic imine (C=N–C) groups is 1. The summed E-state index contributed by atoms with van der Waals surface area (Å²) in [6, 6.07) is 1.58. The molecule has 17 N–H and O–H groups in total. The number of carbonyl (C=O) groups excluding carboxylic acids is 10. The van der Waals surface area contributed by atoms with Crippen LogP contribution in [0.4, 0.5) is 0 Å². The molecule has 0 saturated carbocycles. The van der Waals surface area contributed by atoms with E-state index in [1.165, 1.54) is 41.7 Å². The number of hydrogen-bond acceptors (Lipinski definition) is 14. The first-order valence-electron chi connectivity index (χ1n) is 29.5. The zero-order chi connectivity index (χ0) is 63.3. The molecule has 6 rings (SSSR count). The molecule has 2 aromatic heterocycles. The Hall–Kier alpha value is -9.08. The van der Waals surface area contributed by atoms with Crippen LogP contribution in [0.2, 0.25) is 0 Å². The lowest BCUT2D eigenvalue weighted by atomic mass is 9.98. The average Bonchev–Trinajstić information content (AvgIpc) is 2.39. The number of hydrogen-bond donors (Lipinski definition) is 15. The molecule has 87 heavy (non-hydrogen) atoms. The number of rotatable bonds is 32.